The van der Waals surface area contributed by atoms with Crippen LogP contribution in [0.25, 0.3) is 0 Å². The Morgan fingerprint density at radius 2 is 1.81 bits per heavy atom. The van der Waals surface area contributed by atoms with Crippen LogP contribution >= 0.6 is 0 Å². The lowest BCUT2D eigenvalue weighted by Crippen LogP contribution is -2.48. The van der Waals surface area contributed by atoms with Gasteiger partial charge in [-0.1, -0.05) is 33.6 Å². The first kappa shape index (κ1) is 13.8. The van der Waals surface area contributed by atoms with E-state index >= 15 is 0 Å². The molecule has 0 saturated carbocycles. The van der Waals surface area contributed by atoms with Crippen molar-refractivity contribution in [1.82, 2.24) is 0 Å². The monoisotopic (exact) mass is 225 g/mol. The Kier molecular flexibility index (Phi) is 5.06. The highest BCUT2D eigenvalue weighted by Crippen LogP contribution is 2.27. The Hall–Kier alpha value is -0.275. The van der Waals surface area contributed by atoms with Gasteiger partial charge in [0.15, 0.2) is 0 Å². The van der Waals surface area contributed by atoms with E-state index in [0.717, 1.165) is 19.6 Å². The number of allylic oxidation sites excluding steroid dienone is 1. The van der Waals surface area contributed by atoms with Gasteiger partial charge in [0.25, 0.3) is 6.55 Å². The zero-order valence-electron chi connectivity index (χ0n) is 11.3. The first-order valence-corrected chi connectivity index (χ1v) is 6.62. The zero-order valence-corrected chi connectivity index (χ0v) is 11.3. The van der Waals surface area contributed by atoms with Crippen molar-refractivity contribution in [2.75, 3.05) is 13.2 Å². The maximum absolute atomic E-state index is 5.84. The van der Waals surface area contributed by atoms with E-state index in [4.69, 9.17) is 9.31 Å². The lowest BCUT2D eigenvalue weighted by Gasteiger charge is -2.47. The second kappa shape index (κ2) is 5.88. The molecule has 1 aliphatic rings. The van der Waals surface area contributed by atoms with Crippen molar-refractivity contribution >= 4 is 6.55 Å². The van der Waals surface area contributed by atoms with Crippen LogP contribution in [0, 0.1) is 5.41 Å². The van der Waals surface area contributed by atoms with Crippen molar-refractivity contribution in [3.63, 3.8) is 0 Å². The summed E-state index contributed by atoms with van der Waals surface area (Å²) in [6, 6.07) is 0. The SMILES string of the molecule is CCCCC/C=C\[B-]1(C)OCC(C)(C)CO1. The Labute approximate surface area is 100 Å². The van der Waals surface area contributed by atoms with Crippen molar-refractivity contribution < 1.29 is 9.31 Å². The largest absolute Gasteiger partial charge is 0.564 e. The third-order valence-electron chi connectivity index (χ3n) is 3.07. The molecule has 0 unspecified atom stereocenters. The van der Waals surface area contributed by atoms with E-state index in [9.17, 15) is 0 Å². The predicted molar refractivity (Wildman–Crippen MR) is 70.6 cm³/mol. The maximum atomic E-state index is 5.84. The van der Waals surface area contributed by atoms with Crippen molar-refractivity contribution in [3.05, 3.63) is 12.1 Å². The summed E-state index contributed by atoms with van der Waals surface area (Å²) in [5, 5.41) is 0. The summed E-state index contributed by atoms with van der Waals surface area (Å²) in [5.41, 5.74) is 0.164. The van der Waals surface area contributed by atoms with E-state index < -0.39 is 6.55 Å². The molecule has 3 heteroatoms. The molecule has 2 nitrogen and oxygen atoms in total. The molecule has 94 valence electrons. The third kappa shape index (κ3) is 4.71. The van der Waals surface area contributed by atoms with Crippen LogP contribution in [-0.2, 0) is 9.31 Å². The predicted octanol–water partition coefficient (Wildman–Crippen LogP) is 3.81. The second-order valence-corrected chi connectivity index (χ2v) is 5.88. The number of rotatable bonds is 5. The molecule has 0 N–H and O–H groups in total. The van der Waals surface area contributed by atoms with Gasteiger partial charge in [-0.05, 0) is 12.8 Å². The lowest BCUT2D eigenvalue weighted by molar-refractivity contribution is 0.0201. The van der Waals surface area contributed by atoms with Crippen LogP contribution in [0.3, 0.4) is 0 Å². The summed E-state index contributed by atoms with van der Waals surface area (Å²) in [4.78, 5) is 0. The highest BCUT2D eigenvalue weighted by molar-refractivity contribution is 6.71. The highest BCUT2D eigenvalue weighted by Gasteiger charge is 2.29. The van der Waals surface area contributed by atoms with Crippen molar-refractivity contribution in [3.8, 4) is 0 Å². The van der Waals surface area contributed by atoms with Crippen LogP contribution in [0.4, 0.5) is 0 Å². The molecule has 1 fully saturated rings. The molecule has 0 spiro atoms. The Morgan fingerprint density at radius 3 is 2.38 bits per heavy atom. The van der Waals surface area contributed by atoms with Gasteiger partial charge in [0.2, 0.25) is 0 Å². The summed E-state index contributed by atoms with van der Waals surface area (Å²) < 4.78 is 11.7. The molecule has 0 aromatic carbocycles. The minimum atomic E-state index is -1.16. The average molecular weight is 225 g/mol. The molecule has 0 aliphatic carbocycles. The molecule has 1 rings (SSSR count). The molecule has 0 atom stereocenters. The third-order valence-corrected chi connectivity index (χ3v) is 3.07. The number of hydrogen-bond donors (Lipinski definition) is 0. The van der Waals surface area contributed by atoms with Crippen molar-refractivity contribution in [1.29, 1.82) is 0 Å². The quantitative estimate of drug-likeness (QED) is 0.523. The molecule has 0 bridgehead atoms. The van der Waals surface area contributed by atoms with E-state index in [1.165, 1.54) is 19.3 Å². The summed E-state index contributed by atoms with van der Waals surface area (Å²) in [6.07, 6.45) is 7.21. The van der Waals surface area contributed by atoms with Gasteiger partial charge < -0.3 is 9.31 Å². The molecular weight excluding hydrogens is 199 g/mol. The normalized spacial score (nSPS) is 23.8. The smallest absolute Gasteiger partial charge is 0.259 e. The second-order valence-electron chi connectivity index (χ2n) is 5.88. The van der Waals surface area contributed by atoms with Crippen LogP contribution in [-0.4, -0.2) is 19.8 Å². The molecule has 0 aromatic rings. The van der Waals surface area contributed by atoms with E-state index in [1.54, 1.807) is 0 Å². The topological polar surface area (TPSA) is 18.5 Å². The molecule has 16 heavy (non-hydrogen) atoms. The standard InChI is InChI=1S/C13H26BO2/c1-5-6-7-8-9-10-14(4)15-11-13(2,3)12-16-14/h9-10H,5-8,11-12H2,1-4H3/q-1/b10-9-. The molecule has 1 saturated heterocycles. The summed E-state index contributed by atoms with van der Waals surface area (Å²) in [5.74, 6) is 2.13. The Bertz CT molecular complexity index is 226. The highest BCUT2D eigenvalue weighted by atomic mass is 16.6. The lowest BCUT2D eigenvalue weighted by atomic mass is 9.58. The van der Waals surface area contributed by atoms with E-state index in [2.05, 4.69) is 39.6 Å². The fourth-order valence-corrected chi connectivity index (χ4v) is 1.84. The van der Waals surface area contributed by atoms with E-state index in [-0.39, 0.29) is 5.41 Å². The fourth-order valence-electron chi connectivity index (χ4n) is 1.84. The molecule has 1 heterocycles. The van der Waals surface area contributed by atoms with Crippen LogP contribution in [0.5, 0.6) is 0 Å². The van der Waals surface area contributed by atoms with Crippen LogP contribution < -0.4 is 0 Å². The van der Waals surface area contributed by atoms with Gasteiger partial charge in [0.05, 0.1) is 0 Å². The van der Waals surface area contributed by atoms with Crippen LogP contribution in [0.15, 0.2) is 12.1 Å². The number of hydrogen-bond acceptors (Lipinski definition) is 2. The summed E-state index contributed by atoms with van der Waals surface area (Å²) in [7, 11) is 0. The summed E-state index contributed by atoms with van der Waals surface area (Å²) in [6.45, 7) is 9.07. The van der Waals surface area contributed by atoms with Crippen LogP contribution in [0.1, 0.15) is 46.5 Å². The summed E-state index contributed by atoms with van der Waals surface area (Å²) >= 11 is 0. The average Bonchev–Trinajstić information content (AvgIpc) is 2.23. The van der Waals surface area contributed by atoms with Gasteiger partial charge in [0, 0.05) is 18.6 Å². The van der Waals surface area contributed by atoms with Gasteiger partial charge in [0.1, 0.15) is 0 Å². The molecular formula is C13H26BO2-. The van der Waals surface area contributed by atoms with Crippen molar-refractivity contribution in [2.45, 2.75) is 53.3 Å². The molecule has 1 aliphatic heterocycles. The number of unbranched alkanes of at least 4 members (excludes halogenated alkanes) is 3. The van der Waals surface area contributed by atoms with Crippen molar-refractivity contribution in [2.24, 2.45) is 5.41 Å². The Balaban J connectivity index is 2.30. The first-order valence-electron chi connectivity index (χ1n) is 6.62. The van der Waals surface area contributed by atoms with Gasteiger partial charge >= 0.3 is 0 Å². The zero-order chi connectivity index (χ0) is 12.1. The molecule has 0 radical (unpaired) electrons. The van der Waals surface area contributed by atoms with Gasteiger partial charge in [-0.25, -0.2) is 0 Å². The molecule has 0 amide bonds. The first-order chi connectivity index (χ1) is 7.47. The van der Waals surface area contributed by atoms with Crippen LogP contribution in [0.2, 0.25) is 6.82 Å². The van der Waals surface area contributed by atoms with E-state index in [1.807, 2.05) is 0 Å². The van der Waals surface area contributed by atoms with Gasteiger partial charge in [-0.2, -0.15) is 5.98 Å². The Morgan fingerprint density at radius 1 is 1.19 bits per heavy atom. The van der Waals surface area contributed by atoms with Gasteiger partial charge in [-0.3, -0.25) is 0 Å². The van der Waals surface area contributed by atoms with Gasteiger partial charge in [-0.15, -0.1) is 12.9 Å². The maximum Gasteiger partial charge on any atom is 0.259 e. The minimum Gasteiger partial charge on any atom is -0.564 e. The molecule has 0 aromatic heterocycles. The minimum absolute atomic E-state index is 0.164. The van der Waals surface area contributed by atoms with E-state index in [0.29, 0.717) is 0 Å². The fraction of sp³-hybridized carbons (Fsp3) is 0.846.